The van der Waals surface area contributed by atoms with Gasteiger partial charge >= 0.3 is 5.97 Å². The summed E-state index contributed by atoms with van der Waals surface area (Å²) in [7, 11) is 0. The Morgan fingerprint density at radius 1 is 1.03 bits per heavy atom. The Bertz CT molecular complexity index is 956. The van der Waals surface area contributed by atoms with Crippen molar-refractivity contribution in [3.8, 4) is 11.5 Å². The molecular weight excluding hydrogens is 410 g/mol. The van der Waals surface area contributed by atoms with Gasteiger partial charge in [0.2, 0.25) is 0 Å². The van der Waals surface area contributed by atoms with Gasteiger partial charge in [0.25, 0.3) is 0 Å². The highest BCUT2D eigenvalue weighted by Gasteiger charge is 2.28. The van der Waals surface area contributed by atoms with E-state index in [1.807, 2.05) is 12.1 Å². The first kappa shape index (κ1) is 23.3. The number of phenols is 2. The Hall–Kier alpha value is -3.39. The van der Waals surface area contributed by atoms with Crippen LogP contribution in [0, 0.1) is 0 Å². The number of carbonyl (C=O) groups is 1. The van der Waals surface area contributed by atoms with Crippen molar-refractivity contribution in [1.82, 2.24) is 5.32 Å². The van der Waals surface area contributed by atoms with E-state index < -0.39 is 5.97 Å². The third-order valence-electron chi connectivity index (χ3n) is 5.26. The van der Waals surface area contributed by atoms with Gasteiger partial charge in [0.05, 0.1) is 11.4 Å². The molecule has 1 aliphatic heterocycles. The highest BCUT2D eigenvalue weighted by molar-refractivity contribution is 6.19. The van der Waals surface area contributed by atoms with E-state index in [2.05, 4.69) is 41.5 Å². The number of ether oxygens (including phenoxy) is 2. The summed E-state index contributed by atoms with van der Waals surface area (Å²) in [6, 6.07) is 12.5. The molecular formula is C24H31N3O5. The standard InChI is InChI=1S/C24H31N3O5/c1-3-27(4-2)19-8-6-5-7-18(19)26-12-11-25-13-14-31-22-16-32-24(30)23(22)17-9-10-20(28)21(29)15-17/h5-10,15,25-26,28-29H,3-4,11-14,16H2,1-2H3. The predicted octanol–water partition coefficient (Wildman–Crippen LogP) is 2.93. The van der Waals surface area contributed by atoms with Crippen molar-refractivity contribution in [2.75, 3.05) is 56.2 Å². The summed E-state index contributed by atoms with van der Waals surface area (Å²) >= 11 is 0. The van der Waals surface area contributed by atoms with Crippen molar-refractivity contribution >= 4 is 22.9 Å². The van der Waals surface area contributed by atoms with Crippen LogP contribution in [-0.4, -0.2) is 62.1 Å². The molecule has 0 aromatic heterocycles. The average molecular weight is 442 g/mol. The predicted molar refractivity (Wildman–Crippen MR) is 125 cm³/mol. The number of anilines is 2. The zero-order chi connectivity index (χ0) is 22.9. The Kier molecular flexibility index (Phi) is 8.21. The summed E-state index contributed by atoms with van der Waals surface area (Å²) in [6.07, 6.45) is 0. The molecule has 8 nitrogen and oxygen atoms in total. The Morgan fingerprint density at radius 2 is 1.81 bits per heavy atom. The first-order valence-electron chi connectivity index (χ1n) is 10.9. The average Bonchev–Trinajstić information content (AvgIpc) is 3.17. The molecule has 3 rings (SSSR count). The highest BCUT2D eigenvalue weighted by Crippen LogP contribution is 2.32. The quantitative estimate of drug-likeness (QED) is 0.227. The number of rotatable bonds is 12. The van der Waals surface area contributed by atoms with Gasteiger partial charge in [-0.15, -0.1) is 0 Å². The molecule has 172 valence electrons. The van der Waals surface area contributed by atoms with Crippen molar-refractivity contribution < 1.29 is 24.5 Å². The summed E-state index contributed by atoms with van der Waals surface area (Å²) in [4.78, 5) is 14.4. The summed E-state index contributed by atoms with van der Waals surface area (Å²) in [5.41, 5.74) is 3.03. The molecule has 0 fully saturated rings. The maximum absolute atomic E-state index is 12.1. The maximum Gasteiger partial charge on any atom is 0.342 e. The molecule has 0 spiro atoms. The molecule has 0 saturated carbocycles. The van der Waals surface area contributed by atoms with Crippen LogP contribution in [0.25, 0.3) is 5.57 Å². The van der Waals surface area contributed by atoms with Crippen molar-refractivity contribution in [3.63, 3.8) is 0 Å². The number of esters is 1. The van der Waals surface area contributed by atoms with Gasteiger partial charge in [0.1, 0.15) is 24.5 Å². The lowest BCUT2D eigenvalue weighted by atomic mass is 10.1. The van der Waals surface area contributed by atoms with Crippen LogP contribution in [0.2, 0.25) is 0 Å². The molecule has 4 N–H and O–H groups in total. The number of hydrogen-bond acceptors (Lipinski definition) is 8. The van der Waals surface area contributed by atoms with Crippen LogP contribution in [0.3, 0.4) is 0 Å². The van der Waals surface area contributed by atoms with Gasteiger partial charge in [-0.3, -0.25) is 0 Å². The summed E-state index contributed by atoms with van der Waals surface area (Å²) in [5, 5.41) is 26.0. The lowest BCUT2D eigenvalue weighted by Crippen LogP contribution is -2.27. The molecule has 0 unspecified atom stereocenters. The van der Waals surface area contributed by atoms with Crippen LogP contribution in [-0.2, 0) is 14.3 Å². The molecule has 1 heterocycles. The number of carbonyl (C=O) groups excluding carboxylic acids is 1. The third kappa shape index (κ3) is 5.64. The molecule has 32 heavy (non-hydrogen) atoms. The second kappa shape index (κ2) is 11.3. The number of hydrogen-bond donors (Lipinski definition) is 4. The Morgan fingerprint density at radius 3 is 2.56 bits per heavy atom. The number of para-hydroxylation sites is 2. The van der Waals surface area contributed by atoms with E-state index in [9.17, 15) is 15.0 Å². The number of nitrogens with zero attached hydrogens (tertiary/aromatic N) is 1. The minimum absolute atomic E-state index is 0.0551. The van der Waals surface area contributed by atoms with Crippen LogP contribution >= 0.6 is 0 Å². The van der Waals surface area contributed by atoms with Gasteiger partial charge < -0.3 is 35.2 Å². The monoisotopic (exact) mass is 441 g/mol. The number of nitrogens with one attached hydrogen (secondary N) is 2. The Balaban J connectivity index is 1.45. The van der Waals surface area contributed by atoms with Crippen LogP contribution in [0.1, 0.15) is 19.4 Å². The van der Waals surface area contributed by atoms with Crippen LogP contribution in [0.4, 0.5) is 11.4 Å². The largest absolute Gasteiger partial charge is 0.504 e. The Labute approximate surface area is 188 Å². The molecule has 1 aliphatic rings. The fourth-order valence-electron chi connectivity index (χ4n) is 3.58. The van der Waals surface area contributed by atoms with Gasteiger partial charge in [-0.1, -0.05) is 18.2 Å². The van der Waals surface area contributed by atoms with E-state index in [0.717, 1.165) is 31.9 Å². The molecule has 0 saturated heterocycles. The van der Waals surface area contributed by atoms with Gasteiger partial charge in [-0.2, -0.15) is 0 Å². The van der Waals surface area contributed by atoms with Crippen molar-refractivity contribution in [1.29, 1.82) is 0 Å². The minimum Gasteiger partial charge on any atom is -0.504 e. The fraction of sp³-hybridized carbons (Fsp3) is 0.375. The number of phenolic OH excluding ortho intramolecular Hbond substituents is 2. The molecule has 0 aliphatic carbocycles. The number of cyclic esters (lactones) is 1. The van der Waals surface area contributed by atoms with Crippen molar-refractivity contribution in [2.24, 2.45) is 0 Å². The third-order valence-corrected chi connectivity index (χ3v) is 5.26. The second-order valence-electron chi connectivity index (χ2n) is 7.29. The highest BCUT2D eigenvalue weighted by atomic mass is 16.6. The van der Waals surface area contributed by atoms with Crippen LogP contribution in [0.15, 0.2) is 48.2 Å². The minimum atomic E-state index is -0.505. The molecule has 2 aromatic carbocycles. The summed E-state index contributed by atoms with van der Waals surface area (Å²) < 4.78 is 10.8. The van der Waals surface area contributed by atoms with Crippen molar-refractivity contribution in [2.45, 2.75) is 13.8 Å². The van der Waals surface area contributed by atoms with E-state index in [1.54, 1.807) is 6.07 Å². The van der Waals surface area contributed by atoms with E-state index >= 15 is 0 Å². The van der Waals surface area contributed by atoms with Crippen molar-refractivity contribution in [3.05, 3.63) is 53.8 Å². The molecule has 0 atom stereocenters. The number of aromatic hydroxyl groups is 2. The number of benzene rings is 2. The normalized spacial score (nSPS) is 13.2. The van der Waals surface area contributed by atoms with E-state index in [-0.39, 0.29) is 23.7 Å². The molecule has 0 bridgehead atoms. The van der Waals surface area contributed by atoms with E-state index in [4.69, 9.17) is 9.47 Å². The molecule has 0 amide bonds. The lowest BCUT2D eigenvalue weighted by molar-refractivity contribution is -0.134. The van der Waals surface area contributed by atoms with Gasteiger partial charge in [-0.25, -0.2) is 4.79 Å². The van der Waals surface area contributed by atoms with E-state index in [0.29, 0.717) is 24.5 Å². The zero-order valence-corrected chi connectivity index (χ0v) is 18.6. The van der Waals surface area contributed by atoms with Crippen LogP contribution in [0.5, 0.6) is 11.5 Å². The first-order valence-corrected chi connectivity index (χ1v) is 10.9. The summed E-state index contributed by atoms with van der Waals surface area (Å²) in [6.45, 7) is 8.76. The zero-order valence-electron chi connectivity index (χ0n) is 18.6. The topological polar surface area (TPSA) is 103 Å². The lowest BCUT2D eigenvalue weighted by Gasteiger charge is -2.24. The second-order valence-corrected chi connectivity index (χ2v) is 7.29. The molecule has 0 radical (unpaired) electrons. The van der Waals surface area contributed by atoms with Gasteiger partial charge in [0.15, 0.2) is 11.5 Å². The smallest absolute Gasteiger partial charge is 0.342 e. The maximum atomic E-state index is 12.1. The SMILES string of the molecule is CCN(CC)c1ccccc1NCCNCCOC1=C(c2ccc(O)c(O)c2)C(=O)OC1. The van der Waals surface area contributed by atoms with Crippen LogP contribution < -0.4 is 15.5 Å². The summed E-state index contributed by atoms with van der Waals surface area (Å²) in [5.74, 6) is -0.631. The fourth-order valence-corrected chi connectivity index (χ4v) is 3.58. The van der Waals surface area contributed by atoms with E-state index in [1.165, 1.54) is 17.8 Å². The molecule has 8 heteroatoms. The van der Waals surface area contributed by atoms with Gasteiger partial charge in [0, 0.05) is 32.7 Å². The van der Waals surface area contributed by atoms with Gasteiger partial charge in [-0.05, 0) is 43.7 Å². The molecule has 2 aromatic rings. The first-order chi connectivity index (χ1) is 15.5.